The lowest BCUT2D eigenvalue weighted by atomic mass is 10.2. The van der Waals surface area contributed by atoms with E-state index in [9.17, 15) is 14.9 Å². The quantitative estimate of drug-likeness (QED) is 0.487. The molecule has 0 spiro atoms. The molecular weight excluding hydrogens is 230 g/mol. The van der Waals surface area contributed by atoms with Gasteiger partial charge in [0, 0.05) is 6.07 Å². The fourth-order valence-electron chi connectivity index (χ4n) is 1.19. The second-order valence-corrected chi connectivity index (χ2v) is 4.17. The highest BCUT2D eigenvalue weighted by atomic mass is 32.2. The van der Waals surface area contributed by atoms with Crippen LogP contribution in [0.1, 0.15) is 23.7 Å². The molecule has 1 rings (SSSR count). The van der Waals surface area contributed by atoms with Gasteiger partial charge in [0.25, 0.3) is 5.69 Å². The zero-order valence-electron chi connectivity index (χ0n) is 8.67. The molecule has 0 heterocycles. The number of carbonyl (C=O) groups is 1. The van der Waals surface area contributed by atoms with Crippen LogP contribution in [-0.4, -0.2) is 21.8 Å². The minimum Gasteiger partial charge on any atom is -0.478 e. The Bertz CT molecular complexity index is 387. The number of carboxylic acid groups (broad SMARTS) is 1. The van der Waals surface area contributed by atoms with Gasteiger partial charge in [0.15, 0.2) is 0 Å². The van der Waals surface area contributed by atoms with Crippen molar-refractivity contribution in [2.24, 2.45) is 0 Å². The SMILES string of the molecule is CCCSc1c(C(=O)O)cccc1[N+](=O)[O-]. The van der Waals surface area contributed by atoms with Crippen molar-refractivity contribution in [2.45, 2.75) is 18.2 Å². The minimum atomic E-state index is -1.14. The normalized spacial score (nSPS) is 10.1. The third kappa shape index (κ3) is 2.73. The number of aromatic carboxylic acids is 1. The first-order chi connectivity index (χ1) is 7.57. The van der Waals surface area contributed by atoms with Crippen LogP contribution < -0.4 is 0 Å². The minimum absolute atomic E-state index is 0.00681. The van der Waals surface area contributed by atoms with E-state index < -0.39 is 10.9 Å². The summed E-state index contributed by atoms with van der Waals surface area (Å²) in [5.41, 5.74) is -0.147. The first-order valence-corrected chi connectivity index (χ1v) is 5.70. The number of hydrogen-bond donors (Lipinski definition) is 1. The Morgan fingerprint density at radius 2 is 2.25 bits per heavy atom. The first-order valence-electron chi connectivity index (χ1n) is 4.71. The summed E-state index contributed by atoms with van der Waals surface area (Å²) in [5.74, 6) is -0.479. The van der Waals surface area contributed by atoms with Crippen molar-refractivity contribution in [3.63, 3.8) is 0 Å². The molecule has 0 bridgehead atoms. The van der Waals surface area contributed by atoms with Crippen molar-refractivity contribution in [3.8, 4) is 0 Å². The molecule has 1 aromatic rings. The van der Waals surface area contributed by atoms with E-state index in [0.29, 0.717) is 5.75 Å². The van der Waals surface area contributed by atoms with E-state index in [4.69, 9.17) is 5.11 Å². The first kappa shape index (κ1) is 12.5. The maximum atomic E-state index is 10.9. The lowest BCUT2D eigenvalue weighted by Gasteiger charge is -2.05. The Kier molecular flexibility index (Phi) is 4.30. The number of nitrogens with zero attached hydrogens (tertiary/aromatic N) is 1. The molecule has 0 saturated heterocycles. The van der Waals surface area contributed by atoms with Crippen molar-refractivity contribution < 1.29 is 14.8 Å². The zero-order valence-corrected chi connectivity index (χ0v) is 9.49. The smallest absolute Gasteiger partial charge is 0.337 e. The van der Waals surface area contributed by atoms with Crippen LogP contribution in [0.4, 0.5) is 5.69 Å². The molecule has 5 nitrogen and oxygen atoms in total. The maximum absolute atomic E-state index is 10.9. The molecule has 16 heavy (non-hydrogen) atoms. The van der Waals surface area contributed by atoms with Gasteiger partial charge in [0.05, 0.1) is 15.4 Å². The number of nitro benzene ring substituents is 1. The topological polar surface area (TPSA) is 80.4 Å². The van der Waals surface area contributed by atoms with Gasteiger partial charge in [0.1, 0.15) is 0 Å². The summed E-state index contributed by atoms with van der Waals surface area (Å²) in [4.78, 5) is 21.4. The Morgan fingerprint density at radius 3 is 2.75 bits per heavy atom. The third-order valence-electron chi connectivity index (χ3n) is 1.87. The van der Waals surface area contributed by atoms with E-state index in [2.05, 4.69) is 0 Å². The van der Waals surface area contributed by atoms with Gasteiger partial charge < -0.3 is 5.11 Å². The molecule has 86 valence electrons. The molecule has 0 aliphatic rings. The van der Waals surface area contributed by atoms with Crippen LogP contribution in [0.25, 0.3) is 0 Å². The average molecular weight is 241 g/mol. The fourth-order valence-corrected chi connectivity index (χ4v) is 2.20. The van der Waals surface area contributed by atoms with E-state index in [1.807, 2.05) is 6.92 Å². The lowest BCUT2D eigenvalue weighted by Crippen LogP contribution is -2.02. The van der Waals surface area contributed by atoms with E-state index in [1.54, 1.807) is 0 Å². The second kappa shape index (κ2) is 5.50. The summed E-state index contributed by atoms with van der Waals surface area (Å²) < 4.78 is 0. The van der Waals surface area contributed by atoms with Gasteiger partial charge >= 0.3 is 5.97 Å². The van der Waals surface area contributed by atoms with Crippen LogP contribution >= 0.6 is 11.8 Å². The lowest BCUT2D eigenvalue weighted by molar-refractivity contribution is -0.387. The van der Waals surface area contributed by atoms with Crippen molar-refractivity contribution in [1.29, 1.82) is 0 Å². The summed E-state index contributed by atoms with van der Waals surface area (Å²) in [7, 11) is 0. The summed E-state index contributed by atoms with van der Waals surface area (Å²) in [6.45, 7) is 1.93. The zero-order chi connectivity index (χ0) is 12.1. The molecule has 1 N–H and O–H groups in total. The molecule has 0 aromatic heterocycles. The number of nitro groups is 1. The van der Waals surface area contributed by atoms with Crippen LogP contribution in [0.3, 0.4) is 0 Å². The van der Waals surface area contributed by atoms with Crippen LogP contribution in [0.15, 0.2) is 23.1 Å². The van der Waals surface area contributed by atoms with Gasteiger partial charge in [-0.1, -0.05) is 13.0 Å². The highest BCUT2D eigenvalue weighted by Crippen LogP contribution is 2.32. The van der Waals surface area contributed by atoms with Crippen molar-refractivity contribution in [1.82, 2.24) is 0 Å². The number of hydrogen-bond acceptors (Lipinski definition) is 4. The van der Waals surface area contributed by atoms with Gasteiger partial charge in [-0.15, -0.1) is 11.8 Å². The molecule has 0 fully saturated rings. The van der Waals surface area contributed by atoms with Crippen molar-refractivity contribution in [2.75, 3.05) is 5.75 Å². The van der Waals surface area contributed by atoms with Gasteiger partial charge in [-0.2, -0.15) is 0 Å². The Hall–Kier alpha value is -1.56. The van der Waals surface area contributed by atoms with E-state index in [-0.39, 0.29) is 16.1 Å². The second-order valence-electron chi connectivity index (χ2n) is 3.06. The molecule has 0 radical (unpaired) electrons. The van der Waals surface area contributed by atoms with Crippen molar-refractivity contribution >= 4 is 23.4 Å². The Morgan fingerprint density at radius 1 is 1.56 bits per heavy atom. The van der Waals surface area contributed by atoms with Gasteiger partial charge in [0.2, 0.25) is 0 Å². The highest BCUT2D eigenvalue weighted by Gasteiger charge is 2.21. The molecule has 0 amide bonds. The van der Waals surface area contributed by atoms with Gasteiger partial charge in [-0.05, 0) is 18.2 Å². The fraction of sp³-hybridized carbons (Fsp3) is 0.300. The van der Waals surface area contributed by atoms with E-state index >= 15 is 0 Å². The summed E-state index contributed by atoms with van der Waals surface area (Å²) in [5, 5.41) is 19.7. The average Bonchev–Trinajstić information content (AvgIpc) is 2.25. The van der Waals surface area contributed by atoms with Crippen LogP contribution in [0.2, 0.25) is 0 Å². The molecule has 1 aromatic carbocycles. The number of thioether (sulfide) groups is 1. The Labute approximate surface area is 96.6 Å². The predicted molar refractivity (Wildman–Crippen MR) is 61.1 cm³/mol. The van der Waals surface area contributed by atoms with Gasteiger partial charge in [-0.3, -0.25) is 10.1 Å². The molecule has 0 atom stereocenters. The molecule has 0 saturated carbocycles. The van der Waals surface area contributed by atoms with Crippen LogP contribution in [0, 0.1) is 10.1 Å². The maximum Gasteiger partial charge on any atom is 0.337 e. The van der Waals surface area contributed by atoms with Crippen LogP contribution in [-0.2, 0) is 0 Å². The van der Waals surface area contributed by atoms with Crippen molar-refractivity contribution in [3.05, 3.63) is 33.9 Å². The standard InChI is InChI=1S/C10H11NO4S/c1-2-6-16-9-7(10(12)13)4-3-5-8(9)11(14)15/h3-5H,2,6H2,1H3,(H,12,13). The molecule has 0 unspecified atom stereocenters. The third-order valence-corrected chi connectivity index (χ3v) is 3.20. The largest absolute Gasteiger partial charge is 0.478 e. The van der Waals surface area contributed by atoms with E-state index in [1.165, 1.54) is 30.0 Å². The monoisotopic (exact) mass is 241 g/mol. The number of benzene rings is 1. The van der Waals surface area contributed by atoms with Gasteiger partial charge in [-0.25, -0.2) is 4.79 Å². The number of carboxylic acids is 1. The molecule has 6 heteroatoms. The highest BCUT2D eigenvalue weighted by molar-refractivity contribution is 7.99. The Balaban J connectivity index is 3.23. The molecule has 0 aliphatic carbocycles. The van der Waals surface area contributed by atoms with E-state index in [0.717, 1.165) is 6.42 Å². The molecular formula is C10H11NO4S. The predicted octanol–water partition coefficient (Wildman–Crippen LogP) is 2.80. The summed E-state index contributed by atoms with van der Waals surface area (Å²) in [6, 6.07) is 4.09. The summed E-state index contributed by atoms with van der Waals surface area (Å²) >= 11 is 1.21. The summed E-state index contributed by atoms with van der Waals surface area (Å²) in [6.07, 6.45) is 0.829. The van der Waals surface area contributed by atoms with Crippen LogP contribution in [0.5, 0.6) is 0 Å². The molecule has 0 aliphatic heterocycles. The number of rotatable bonds is 5.